The fraction of sp³-hybridized carbons (Fsp3) is 0.154. The Morgan fingerprint density at radius 2 is 1.89 bits per heavy atom. The lowest BCUT2D eigenvalue weighted by molar-refractivity contribution is -0.143. The Bertz CT molecular complexity index is 1440. The van der Waals surface area contributed by atoms with Crippen LogP contribution in [0, 0.1) is 0 Å². The molecule has 2 N–H and O–H groups in total. The Kier molecular flexibility index (Phi) is 7.27. The third-order valence-electron chi connectivity index (χ3n) is 5.34. The molecule has 4 aromatic rings. The van der Waals surface area contributed by atoms with Crippen molar-refractivity contribution in [3.63, 3.8) is 0 Å². The van der Waals surface area contributed by atoms with E-state index in [0.29, 0.717) is 29.1 Å². The summed E-state index contributed by atoms with van der Waals surface area (Å²) in [5.74, 6) is 4.88. The number of esters is 1. The van der Waals surface area contributed by atoms with E-state index in [1.807, 2.05) is 12.1 Å². The van der Waals surface area contributed by atoms with Gasteiger partial charge in [-0.25, -0.2) is 4.99 Å². The number of halogens is 3. The van der Waals surface area contributed by atoms with E-state index in [-0.39, 0.29) is 34.5 Å². The third-order valence-corrected chi connectivity index (χ3v) is 6.51. The highest BCUT2D eigenvalue weighted by Crippen LogP contribution is 2.43. The number of aromatic nitrogens is 1. The molecule has 36 heavy (non-hydrogen) atoms. The minimum Gasteiger partial charge on any atom is -0.465 e. The van der Waals surface area contributed by atoms with E-state index >= 15 is 0 Å². The van der Waals surface area contributed by atoms with Crippen LogP contribution in [0.1, 0.15) is 22.2 Å². The van der Waals surface area contributed by atoms with Crippen molar-refractivity contribution in [2.75, 3.05) is 6.61 Å². The number of ether oxygens (including phenoxy) is 1. The van der Waals surface area contributed by atoms with Gasteiger partial charge in [0.05, 0.1) is 17.2 Å². The van der Waals surface area contributed by atoms with Crippen LogP contribution in [0.5, 0.6) is 0 Å². The van der Waals surface area contributed by atoms with E-state index in [1.54, 1.807) is 60.2 Å². The van der Waals surface area contributed by atoms with Gasteiger partial charge in [0.2, 0.25) is 0 Å². The van der Waals surface area contributed by atoms with Crippen molar-refractivity contribution in [3.8, 4) is 11.1 Å². The van der Waals surface area contributed by atoms with Gasteiger partial charge in [0.15, 0.2) is 0 Å². The number of thiophene rings is 1. The maximum atomic E-state index is 13.8. The molecule has 0 radical (unpaired) electrons. The first-order valence-electron chi connectivity index (χ1n) is 10.9. The normalized spacial score (nSPS) is 12.1. The van der Waals surface area contributed by atoms with Gasteiger partial charge in [0.1, 0.15) is 11.4 Å². The molecule has 6 nitrogen and oxygen atoms in total. The van der Waals surface area contributed by atoms with Crippen LogP contribution in [0.2, 0.25) is 0 Å². The molecule has 0 fully saturated rings. The van der Waals surface area contributed by atoms with Gasteiger partial charge >= 0.3 is 12.1 Å². The molecule has 0 spiro atoms. The Morgan fingerprint density at radius 1 is 1.14 bits per heavy atom. The van der Waals surface area contributed by atoms with Crippen LogP contribution in [-0.4, -0.2) is 23.0 Å². The number of carbonyl (C=O) groups is 1. The number of hydrogen-bond donors (Lipinski definition) is 1. The van der Waals surface area contributed by atoms with Gasteiger partial charge in [-0.1, -0.05) is 43.0 Å². The number of aliphatic imine (C=N–C) groups is 1. The second-order valence-electron chi connectivity index (χ2n) is 7.72. The van der Waals surface area contributed by atoms with E-state index in [9.17, 15) is 18.0 Å². The van der Waals surface area contributed by atoms with Crippen LogP contribution in [0.25, 0.3) is 27.7 Å². The van der Waals surface area contributed by atoms with E-state index in [0.717, 1.165) is 10.9 Å². The van der Waals surface area contributed by atoms with Crippen LogP contribution in [0.3, 0.4) is 0 Å². The van der Waals surface area contributed by atoms with Crippen LogP contribution < -0.4 is 5.90 Å². The van der Waals surface area contributed by atoms with Crippen molar-refractivity contribution >= 4 is 39.8 Å². The molecule has 0 aliphatic rings. The molecular weight excluding hydrogens is 491 g/mol. The van der Waals surface area contributed by atoms with E-state index < -0.39 is 11.1 Å². The number of nitrogens with zero attached hydrogens (tertiary/aromatic N) is 2. The summed E-state index contributed by atoms with van der Waals surface area (Å²) in [7, 11) is 0. The van der Waals surface area contributed by atoms with E-state index in [2.05, 4.69) is 11.6 Å². The highest BCUT2D eigenvalue weighted by atomic mass is 32.1. The molecule has 0 saturated carbocycles. The monoisotopic (exact) mass is 513 g/mol. The average Bonchev–Trinajstić information content (AvgIpc) is 3.48. The maximum absolute atomic E-state index is 13.8. The van der Waals surface area contributed by atoms with Gasteiger partial charge in [-0.15, -0.1) is 11.3 Å². The molecule has 0 bridgehead atoms. The zero-order valence-electron chi connectivity index (χ0n) is 19.2. The average molecular weight is 514 g/mol. The Balaban J connectivity index is 1.66. The zero-order valence-corrected chi connectivity index (χ0v) is 20.0. The summed E-state index contributed by atoms with van der Waals surface area (Å²) >= 11 is 0.498. The highest BCUT2D eigenvalue weighted by molar-refractivity contribution is 7.14. The van der Waals surface area contributed by atoms with Crippen molar-refractivity contribution in [3.05, 3.63) is 88.8 Å². The molecule has 0 atom stereocenters. The molecular formula is C26H22F3N3O3S. The van der Waals surface area contributed by atoms with Crippen molar-refractivity contribution < 1.29 is 27.5 Å². The Morgan fingerprint density at radius 3 is 2.56 bits per heavy atom. The molecule has 0 amide bonds. The lowest BCUT2D eigenvalue weighted by atomic mass is 10.1. The van der Waals surface area contributed by atoms with Gasteiger partial charge in [-0.3, -0.25) is 4.79 Å². The van der Waals surface area contributed by atoms with Crippen molar-refractivity contribution in [2.24, 2.45) is 10.9 Å². The highest BCUT2D eigenvalue weighted by Gasteiger charge is 2.37. The summed E-state index contributed by atoms with van der Waals surface area (Å²) < 4.78 is 48.0. The number of alkyl halides is 3. The predicted octanol–water partition coefficient (Wildman–Crippen LogP) is 6.26. The number of fused-ring (bicyclic) bond motifs is 1. The lowest BCUT2D eigenvalue weighted by Crippen LogP contribution is -2.12. The molecule has 2 heterocycles. The third kappa shape index (κ3) is 5.34. The summed E-state index contributed by atoms with van der Waals surface area (Å²) in [6.45, 7) is 6.05. The molecule has 0 saturated heterocycles. The van der Waals surface area contributed by atoms with Crippen LogP contribution in [0.15, 0.2) is 78.4 Å². The molecule has 4 rings (SSSR count). The van der Waals surface area contributed by atoms with Gasteiger partial charge < -0.3 is 14.1 Å². The number of rotatable bonds is 7. The predicted molar refractivity (Wildman–Crippen MR) is 134 cm³/mol. The Labute approximate surface area is 209 Å². The quantitative estimate of drug-likeness (QED) is 0.137. The first-order valence-corrected chi connectivity index (χ1v) is 11.7. The number of hydrogen-bond acceptors (Lipinski definition) is 6. The smallest absolute Gasteiger partial charge is 0.426 e. The molecule has 2 aromatic heterocycles. The minimum atomic E-state index is -4.56. The topological polar surface area (TPSA) is 78.8 Å². The van der Waals surface area contributed by atoms with E-state index in [1.165, 1.54) is 6.07 Å². The molecule has 10 heteroatoms. The van der Waals surface area contributed by atoms with Crippen molar-refractivity contribution in [2.45, 2.75) is 19.6 Å². The fourth-order valence-corrected chi connectivity index (χ4v) is 4.71. The number of benzene rings is 2. The summed E-state index contributed by atoms with van der Waals surface area (Å²) in [5.41, 5.74) is 2.10. The van der Waals surface area contributed by atoms with Gasteiger partial charge in [-0.05, 0) is 36.8 Å². The first-order chi connectivity index (χ1) is 17.2. The summed E-state index contributed by atoms with van der Waals surface area (Å²) in [6.07, 6.45) is -2.80. The molecule has 0 aliphatic heterocycles. The number of nitrogens with two attached hydrogens (primary N) is 1. The Hall–Kier alpha value is -3.89. The SMILES string of the molecule is C=C(N=C(ON)c1cc(-c2ccccc2)c(C(F)(F)F)s1)c1ccc2c(ccn2CC(=O)OCC)c1. The summed E-state index contributed by atoms with van der Waals surface area (Å²) in [5, 5.41) is 0.824. The molecule has 0 unspecified atom stereocenters. The van der Waals surface area contributed by atoms with Crippen LogP contribution in [0.4, 0.5) is 13.2 Å². The molecule has 186 valence electrons. The molecule has 2 aromatic carbocycles. The van der Waals surface area contributed by atoms with Gasteiger partial charge in [0, 0.05) is 28.2 Å². The van der Waals surface area contributed by atoms with Crippen molar-refractivity contribution in [1.82, 2.24) is 4.57 Å². The lowest BCUT2D eigenvalue weighted by Gasteiger charge is -2.07. The minimum absolute atomic E-state index is 0.0165. The number of carbonyl (C=O) groups excluding carboxylic acids is 1. The molecule has 0 aliphatic carbocycles. The largest absolute Gasteiger partial charge is 0.465 e. The fourth-order valence-electron chi connectivity index (χ4n) is 3.73. The summed E-state index contributed by atoms with van der Waals surface area (Å²) in [6, 6.07) is 16.8. The maximum Gasteiger partial charge on any atom is 0.426 e. The van der Waals surface area contributed by atoms with Crippen LogP contribution >= 0.6 is 11.3 Å². The standard InChI is InChI=1S/C26H22F3N3O3S/c1-3-34-23(33)15-32-12-11-19-13-18(9-10-21(19)32)16(2)31-25(35-30)22-14-20(17-7-5-4-6-8-17)24(36-22)26(27,28)29/h4-14H,2-3,15,30H2,1H3. The van der Waals surface area contributed by atoms with E-state index in [4.69, 9.17) is 15.5 Å². The summed E-state index contributed by atoms with van der Waals surface area (Å²) in [4.78, 5) is 20.3. The second kappa shape index (κ2) is 10.4. The van der Waals surface area contributed by atoms with Crippen molar-refractivity contribution in [1.29, 1.82) is 0 Å². The van der Waals surface area contributed by atoms with Crippen LogP contribution in [-0.2, 0) is 27.1 Å². The van der Waals surface area contributed by atoms with Gasteiger partial charge in [0.25, 0.3) is 5.90 Å². The zero-order chi connectivity index (χ0) is 25.9. The first kappa shape index (κ1) is 25.2. The van der Waals surface area contributed by atoms with Gasteiger partial charge in [-0.2, -0.15) is 19.1 Å². The second-order valence-corrected chi connectivity index (χ2v) is 8.77.